The standard InChI is InChI=1S/C13H11NO2/c1-14-10-5-3-2-4-8(10)9-6-12(15)13(16)7-11(9)14/h2-7,15-16H,1H3. The molecule has 0 radical (unpaired) electrons. The fourth-order valence-corrected chi connectivity index (χ4v) is 2.18. The van der Waals surface area contributed by atoms with Crippen LogP contribution < -0.4 is 0 Å². The Kier molecular flexibility index (Phi) is 1.66. The number of aromatic nitrogens is 1. The third-order valence-electron chi connectivity index (χ3n) is 3.01. The molecule has 0 amide bonds. The minimum absolute atomic E-state index is 0.0798. The van der Waals surface area contributed by atoms with Crippen LogP contribution in [0.4, 0.5) is 0 Å². The summed E-state index contributed by atoms with van der Waals surface area (Å²) in [5.41, 5.74) is 2.00. The highest BCUT2D eigenvalue weighted by molar-refractivity contribution is 6.08. The van der Waals surface area contributed by atoms with Gasteiger partial charge in [0.15, 0.2) is 11.5 Å². The maximum Gasteiger partial charge on any atom is 0.159 e. The SMILES string of the molecule is Cn1c2ccccc2c2cc(O)c(O)cc21. The number of para-hydroxylation sites is 1. The number of hydrogen-bond donors (Lipinski definition) is 2. The first-order chi connectivity index (χ1) is 7.68. The van der Waals surface area contributed by atoms with E-state index in [1.165, 1.54) is 0 Å². The van der Waals surface area contributed by atoms with Crippen molar-refractivity contribution in [2.45, 2.75) is 0 Å². The van der Waals surface area contributed by atoms with E-state index in [0.717, 1.165) is 21.8 Å². The molecule has 0 aliphatic rings. The topological polar surface area (TPSA) is 45.4 Å². The lowest BCUT2D eigenvalue weighted by Crippen LogP contribution is -1.85. The molecule has 0 saturated heterocycles. The Morgan fingerprint density at radius 2 is 1.56 bits per heavy atom. The molecule has 0 bridgehead atoms. The molecule has 0 unspecified atom stereocenters. The number of nitrogens with zero attached hydrogens (tertiary/aromatic N) is 1. The van der Waals surface area contributed by atoms with E-state index in [4.69, 9.17) is 0 Å². The number of phenols is 2. The Bertz CT molecular complexity index is 698. The predicted octanol–water partition coefficient (Wildman–Crippen LogP) is 2.74. The Morgan fingerprint density at radius 1 is 0.875 bits per heavy atom. The van der Waals surface area contributed by atoms with Crippen LogP contribution in [0.3, 0.4) is 0 Å². The van der Waals surface area contributed by atoms with Crippen molar-refractivity contribution in [1.29, 1.82) is 0 Å². The van der Waals surface area contributed by atoms with E-state index < -0.39 is 0 Å². The molecule has 3 rings (SSSR count). The van der Waals surface area contributed by atoms with Crippen molar-refractivity contribution < 1.29 is 10.2 Å². The highest BCUT2D eigenvalue weighted by Gasteiger charge is 2.10. The van der Waals surface area contributed by atoms with Crippen LogP contribution in [0.1, 0.15) is 0 Å². The van der Waals surface area contributed by atoms with E-state index >= 15 is 0 Å². The van der Waals surface area contributed by atoms with Crippen LogP contribution in [0.2, 0.25) is 0 Å². The zero-order valence-corrected chi connectivity index (χ0v) is 8.81. The lowest BCUT2D eigenvalue weighted by atomic mass is 10.1. The summed E-state index contributed by atoms with van der Waals surface area (Å²) >= 11 is 0. The van der Waals surface area contributed by atoms with E-state index in [0.29, 0.717) is 0 Å². The van der Waals surface area contributed by atoms with Gasteiger partial charge in [-0.15, -0.1) is 0 Å². The molecule has 0 saturated carbocycles. The second-order valence-corrected chi connectivity index (χ2v) is 3.93. The number of benzene rings is 2. The van der Waals surface area contributed by atoms with Crippen molar-refractivity contribution in [3.8, 4) is 11.5 Å². The lowest BCUT2D eigenvalue weighted by Gasteiger charge is -2.00. The summed E-state index contributed by atoms with van der Waals surface area (Å²) < 4.78 is 2.00. The number of aryl methyl sites for hydroxylation is 1. The van der Waals surface area contributed by atoms with Gasteiger partial charge in [0.1, 0.15) is 0 Å². The number of rotatable bonds is 0. The molecule has 0 fully saturated rings. The van der Waals surface area contributed by atoms with Gasteiger partial charge in [0.2, 0.25) is 0 Å². The van der Waals surface area contributed by atoms with Crippen molar-refractivity contribution >= 4 is 21.8 Å². The molecule has 2 aromatic carbocycles. The second-order valence-electron chi connectivity index (χ2n) is 3.93. The molecule has 0 atom stereocenters. The zero-order valence-electron chi connectivity index (χ0n) is 8.81. The average molecular weight is 213 g/mol. The first-order valence-electron chi connectivity index (χ1n) is 5.07. The minimum atomic E-state index is -0.0848. The fourth-order valence-electron chi connectivity index (χ4n) is 2.18. The highest BCUT2D eigenvalue weighted by atomic mass is 16.3. The molecule has 0 aliphatic heterocycles. The van der Waals surface area contributed by atoms with Gasteiger partial charge >= 0.3 is 0 Å². The van der Waals surface area contributed by atoms with Crippen molar-refractivity contribution in [1.82, 2.24) is 4.57 Å². The van der Waals surface area contributed by atoms with E-state index in [9.17, 15) is 10.2 Å². The normalized spacial score (nSPS) is 11.3. The molecule has 1 heterocycles. The summed E-state index contributed by atoms with van der Waals surface area (Å²) in [6.07, 6.45) is 0. The quantitative estimate of drug-likeness (QED) is 0.564. The third-order valence-corrected chi connectivity index (χ3v) is 3.01. The summed E-state index contributed by atoms with van der Waals surface area (Å²) in [6, 6.07) is 11.2. The van der Waals surface area contributed by atoms with Gasteiger partial charge < -0.3 is 14.8 Å². The van der Waals surface area contributed by atoms with Crippen LogP contribution in [-0.2, 0) is 7.05 Å². The van der Waals surface area contributed by atoms with Crippen molar-refractivity contribution in [2.24, 2.45) is 7.05 Å². The summed E-state index contributed by atoms with van der Waals surface area (Å²) in [5, 5.41) is 21.1. The van der Waals surface area contributed by atoms with E-state index in [1.54, 1.807) is 12.1 Å². The van der Waals surface area contributed by atoms with Crippen LogP contribution in [0, 0.1) is 0 Å². The zero-order chi connectivity index (χ0) is 11.3. The van der Waals surface area contributed by atoms with Gasteiger partial charge in [-0.1, -0.05) is 18.2 Å². The summed E-state index contributed by atoms with van der Waals surface area (Å²) in [6.45, 7) is 0. The summed E-state index contributed by atoms with van der Waals surface area (Å²) in [7, 11) is 1.95. The maximum atomic E-state index is 9.53. The number of fused-ring (bicyclic) bond motifs is 3. The van der Waals surface area contributed by atoms with Gasteiger partial charge in [0, 0.05) is 29.4 Å². The first kappa shape index (κ1) is 9.09. The van der Waals surface area contributed by atoms with Crippen LogP contribution in [0.5, 0.6) is 11.5 Å². The van der Waals surface area contributed by atoms with E-state index in [1.807, 2.05) is 35.9 Å². The van der Waals surface area contributed by atoms with Gasteiger partial charge in [-0.25, -0.2) is 0 Å². The smallest absolute Gasteiger partial charge is 0.159 e. The molecule has 2 N–H and O–H groups in total. The molecule has 3 nitrogen and oxygen atoms in total. The molecule has 0 aliphatic carbocycles. The average Bonchev–Trinajstić information content (AvgIpc) is 2.55. The Balaban J connectivity index is 2.62. The monoisotopic (exact) mass is 213 g/mol. The molecule has 0 spiro atoms. The van der Waals surface area contributed by atoms with E-state index in [-0.39, 0.29) is 11.5 Å². The van der Waals surface area contributed by atoms with Gasteiger partial charge in [-0.05, 0) is 12.1 Å². The highest BCUT2D eigenvalue weighted by Crippen LogP contribution is 2.35. The maximum absolute atomic E-state index is 9.53. The summed E-state index contributed by atoms with van der Waals surface area (Å²) in [4.78, 5) is 0. The third kappa shape index (κ3) is 1.03. The van der Waals surface area contributed by atoms with Crippen molar-refractivity contribution in [3.05, 3.63) is 36.4 Å². The molecule has 16 heavy (non-hydrogen) atoms. The van der Waals surface area contributed by atoms with Crippen LogP contribution >= 0.6 is 0 Å². The molecule has 3 heteroatoms. The van der Waals surface area contributed by atoms with Crippen molar-refractivity contribution in [3.63, 3.8) is 0 Å². The minimum Gasteiger partial charge on any atom is -0.504 e. The first-order valence-corrected chi connectivity index (χ1v) is 5.07. The van der Waals surface area contributed by atoms with Crippen LogP contribution in [0.25, 0.3) is 21.8 Å². The molecule has 80 valence electrons. The van der Waals surface area contributed by atoms with Gasteiger partial charge in [-0.3, -0.25) is 0 Å². The number of phenolic OH excluding ortho intramolecular Hbond substituents is 2. The molecular formula is C13H11NO2. The van der Waals surface area contributed by atoms with Gasteiger partial charge in [0.05, 0.1) is 5.52 Å². The lowest BCUT2D eigenvalue weighted by molar-refractivity contribution is 0.405. The number of hydrogen-bond acceptors (Lipinski definition) is 2. The fraction of sp³-hybridized carbons (Fsp3) is 0.0769. The Labute approximate surface area is 92.2 Å². The Hall–Kier alpha value is -2.16. The molecule has 1 aromatic heterocycles. The Morgan fingerprint density at radius 3 is 2.38 bits per heavy atom. The van der Waals surface area contributed by atoms with Gasteiger partial charge in [-0.2, -0.15) is 0 Å². The van der Waals surface area contributed by atoms with Crippen LogP contribution in [-0.4, -0.2) is 14.8 Å². The predicted molar refractivity (Wildman–Crippen MR) is 63.8 cm³/mol. The van der Waals surface area contributed by atoms with Crippen molar-refractivity contribution in [2.75, 3.05) is 0 Å². The number of aromatic hydroxyl groups is 2. The largest absolute Gasteiger partial charge is 0.504 e. The molecule has 3 aromatic rings. The molecular weight excluding hydrogens is 202 g/mol. The second kappa shape index (κ2) is 2.92. The van der Waals surface area contributed by atoms with Gasteiger partial charge in [0.25, 0.3) is 0 Å². The van der Waals surface area contributed by atoms with Crippen LogP contribution in [0.15, 0.2) is 36.4 Å². The van der Waals surface area contributed by atoms with E-state index in [2.05, 4.69) is 0 Å². The summed E-state index contributed by atoms with van der Waals surface area (Å²) in [5.74, 6) is -0.165.